The predicted molar refractivity (Wildman–Crippen MR) is 68.6 cm³/mol. The second-order valence-electron chi connectivity index (χ2n) is 5.17. The average molecular weight is 253 g/mol. The molecular weight excluding hydrogens is 230 g/mol. The Bertz CT molecular complexity index is 346. The van der Waals surface area contributed by atoms with Crippen LogP contribution in [-0.2, 0) is 11.2 Å². The van der Waals surface area contributed by atoms with Crippen molar-refractivity contribution in [1.29, 1.82) is 0 Å². The maximum atomic E-state index is 5.44. The first-order valence-corrected chi connectivity index (χ1v) is 6.89. The first-order chi connectivity index (χ1) is 8.75. The van der Waals surface area contributed by atoms with Gasteiger partial charge >= 0.3 is 0 Å². The van der Waals surface area contributed by atoms with Crippen LogP contribution in [0.4, 0.5) is 0 Å². The standard InChI is InChI=1S/C13H23N3O2/c1-10(2)14-7-3-6-12-15-13(16-18-12)11-5-4-8-17-9-11/h10-11,14H,3-9H2,1-2H3. The lowest BCUT2D eigenvalue weighted by Gasteiger charge is -2.18. The van der Waals surface area contributed by atoms with E-state index in [4.69, 9.17) is 9.26 Å². The molecule has 5 nitrogen and oxygen atoms in total. The summed E-state index contributed by atoms with van der Waals surface area (Å²) in [5, 5.41) is 7.44. The molecule has 1 aromatic rings. The summed E-state index contributed by atoms with van der Waals surface area (Å²) < 4.78 is 10.7. The van der Waals surface area contributed by atoms with Crippen molar-refractivity contribution in [2.75, 3.05) is 19.8 Å². The summed E-state index contributed by atoms with van der Waals surface area (Å²) in [5.74, 6) is 1.90. The Morgan fingerprint density at radius 1 is 1.44 bits per heavy atom. The summed E-state index contributed by atoms with van der Waals surface area (Å²) in [6, 6.07) is 0.530. The van der Waals surface area contributed by atoms with Gasteiger partial charge in [-0.25, -0.2) is 0 Å². The van der Waals surface area contributed by atoms with Gasteiger partial charge in [-0.2, -0.15) is 4.98 Å². The minimum Gasteiger partial charge on any atom is -0.381 e. The lowest BCUT2D eigenvalue weighted by Crippen LogP contribution is -2.23. The smallest absolute Gasteiger partial charge is 0.226 e. The van der Waals surface area contributed by atoms with Crippen LogP contribution in [0.25, 0.3) is 0 Å². The van der Waals surface area contributed by atoms with Crippen LogP contribution in [0.5, 0.6) is 0 Å². The molecule has 1 aliphatic rings. The van der Waals surface area contributed by atoms with Crippen molar-refractivity contribution < 1.29 is 9.26 Å². The van der Waals surface area contributed by atoms with E-state index in [9.17, 15) is 0 Å². The van der Waals surface area contributed by atoms with Gasteiger partial charge in [0.25, 0.3) is 0 Å². The number of nitrogens with one attached hydrogen (secondary N) is 1. The molecule has 1 aliphatic heterocycles. The van der Waals surface area contributed by atoms with Crippen LogP contribution in [0, 0.1) is 0 Å². The van der Waals surface area contributed by atoms with E-state index >= 15 is 0 Å². The summed E-state index contributed by atoms with van der Waals surface area (Å²) in [6.45, 7) is 6.87. The maximum absolute atomic E-state index is 5.44. The van der Waals surface area contributed by atoms with Gasteiger partial charge in [0.15, 0.2) is 5.82 Å². The third-order valence-corrected chi connectivity index (χ3v) is 3.13. The van der Waals surface area contributed by atoms with E-state index in [1.54, 1.807) is 0 Å². The lowest BCUT2D eigenvalue weighted by molar-refractivity contribution is 0.0773. The Kier molecular flexibility index (Phi) is 5.13. The van der Waals surface area contributed by atoms with Gasteiger partial charge in [-0.05, 0) is 25.8 Å². The van der Waals surface area contributed by atoms with Crippen molar-refractivity contribution in [2.24, 2.45) is 0 Å². The molecule has 0 bridgehead atoms. The molecule has 0 radical (unpaired) electrons. The van der Waals surface area contributed by atoms with Gasteiger partial charge in [0.1, 0.15) is 0 Å². The molecule has 1 N–H and O–H groups in total. The Balaban J connectivity index is 1.75. The monoisotopic (exact) mass is 253 g/mol. The first-order valence-electron chi connectivity index (χ1n) is 6.89. The highest BCUT2D eigenvalue weighted by Crippen LogP contribution is 2.22. The number of aromatic nitrogens is 2. The van der Waals surface area contributed by atoms with E-state index < -0.39 is 0 Å². The molecule has 0 amide bonds. The van der Waals surface area contributed by atoms with Gasteiger partial charge in [-0.1, -0.05) is 19.0 Å². The van der Waals surface area contributed by atoms with Crippen molar-refractivity contribution in [1.82, 2.24) is 15.5 Å². The van der Waals surface area contributed by atoms with Crippen molar-refractivity contribution in [2.45, 2.75) is 51.5 Å². The fourth-order valence-electron chi connectivity index (χ4n) is 2.11. The lowest BCUT2D eigenvalue weighted by atomic mass is 10.0. The molecule has 18 heavy (non-hydrogen) atoms. The molecular formula is C13H23N3O2. The molecule has 0 spiro atoms. The van der Waals surface area contributed by atoms with Gasteiger partial charge in [-0.15, -0.1) is 0 Å². The normalized spacial score (nSPS) is 20.5. The van der Waals surface area contributed by atoms with Gasteiger partial charge in [0.05, 0.1) is 6.61 Å². The molecule has 1 saturated heterocycles. The molecule has 0 aliphatic carbocycles. The highest BCUT2D eigenvalue weighted by molar-refractivity contribution is 4.96. The number of hydrogen-bond donors (Lipinski definition) is 1. The maximum Gasteiger partial charge on any atom is 0.226 e. The van der Waals surface area contributed by atoms with Crippen molar-refractivity contribution >= 4 is 0 Å². The minimum absolute atomic E-state index is 0.324. The van der Waals surface area contributed by atoms with Gasteiger partial charge in [-0.3, -0.25) is 0 Å². The van der Waals surface area contributed by atoms with Gasteiger partial charge in [0, 0.05) is 25.0 Å². The Hall–Kier alpha value is -0.940. The third-order valence-electron chi connectivity index (χ3n) is 3.13. The molecule has 0 aromatic carbocycles. The SMILES string of the molecule is CC(C)NCCCc1nc(C2CCCOC2)no1. The van der Waals surface area contributed by atoms with Crippen LogP contribution < -0.4 is 5.32 Å². The quantitative estimate of drug-likeness (QED) is 0.785. The van der Waals surface area contributed by atoms with E-state index in [-0.39, 0.29) is 0 Å². The molecule has 1 fully saturated rings. The summed E-state index contributed by atoms with van der Waals surface area (Å²) in [5.41, 5.74) is 0. The van der Waals surface area contributed by atoms with Crippen molar-refractivity contribution in [3.8, 4) is 0 Å². The van der Waals surface area contributed by atoms with Gasteiger partial charge < -0.3 is 14.6 Å². The second-order valence-corrected chi connectivity index (χ2v) is 5.17. The molecule has 2 rings (SSSR count). The zero-order chi connectivity index (χ0) is 12.8. The number of aryl methyl sites for hydroxylation is 1. The van der Waals surface area contributed by atoms with Crippen LogP contribution in [-0.4, -0.2) is 35.9 Å². The fourth-order valence-corrected chi connectivity index (χ4v) is 2.11. The van der Waals surface area contributed by atoms with Crippen LogP contribution in [0.3, 0.4) is 0 Å². The summed E-state index contributed by atoms with van der Waals surface area (Å²) in [6.07, 6.45) is 4.07. The van der Waals surface area contributed by atoms with E-state index in [2.05, 4.69) is 29.3 Å². The molecule has 1 unspecified atom stereocenters. The largest absolute Gasteiger partial charge is 0.381 e. The Morgan fingerprint density at radius 2 is 2.33 bits per heavy atom. The second kappa shape index (κ2) is 6.85. The highest BCUT2D eigenvalue weighted by Gasteiger charge is 2.21. The molecule has 0 saturated carbocycles. The summed E-state index contributed by atoms with van der Waals surface area (Å²) >= 11 is 0. The van der Waals surface area contributed by atoms with Crippen LogP contribution >= 0.6 is 0 Å². The van der Waals surface area contributed by atoms with Crippen molar-refractivity contribution in [3.63, 3.8) is 0 Å². The molecule has 5 heteroatoms. The van der Waals surface area contributed by atoms with Crippen LogP contribution in [0.1, 0.15) is 50.7 Å². The Morgan fingerprint density at radius 3 is 3.06 bits per heavy atom. The third kappa shape index (κ3) is 4.07. The number of ether oxygens (including phenoxy) is 1. The molecule has 1 aromatic heterocycles. The zero-order valence-electron chi connectivity index (χ0n) is 11.3. The Labute approximate surface area is 108 Å². The minimum atomic E-state index is 0.324. The van der Waals surface area contributed by atoms with Gasteiger partial charge in [0.2, 0.25) is 5.89 Å². The first kappa shape index (κ1) is 13.5. The molecule has 102 valence electrons. The summed E-state index contributed by atoms with van der Waals surface area (Å²) in [4.78, 5) is 4.47. The predicted octanol–water partition coefficient (Wildman–Crippen LogP) is 1.89. The fraction of sp³-hybridized carbons (Fsp3) is 0.846. The topological polar surface area (TPSA) is 60.2 Å². The number of hydrogen-bond acceptors (Lipinski definition) is 5. The van der Waals surface area contributed by atoms with Crippen LogP contribution in [0.15, 0.2) is 4.52 Å². The van der Waals surface area contributed by atoms with E-state index in [0.717, 1.165) is 57.2 Å². The van der Waals surface area contributed by atoms with Crippen molar-refractivity contribution in [3.05, 3.63) is 11.7 Å². The van der Waals surface area contributed by atoms with E-state index in [1.807, 2.05) is 0 Å². The molecule has 1 atom stereocenters. The summed E-state index contributed by atoms with van der Waals surface area (Å²) in [7, 11) is 0. The van der Waals surface area contributed by atoms with E-state index in [0.29, 0.717) is 12.0 Å². The highest BCUT2D eigenvalue weighted by atomic mass is 16.5. The average Bonchev–Trinajstić information content (AvgIpc) is 2.84. The number of nitrogens with zero attached hydrogens (tertiary/aromatic N) is 2. The zero-order valence-corrected chi connectivity index (χ0v) is 11.3. The number of rotatable bonds is 6. The van der Waals surface area contributed by atoms with E-state index in [1.165, 1.54) is 0 Å². The van der Waals surface area contributed by atoms with Crippen LogP contribution in [0.2, 0.25) is 0 Å². The molecule has 2 heterocycles.